The third-order valence-corrected chi connectivity index (χ3v) is 6.58. The first-order chi connectivity index (χ1) is 13.9. The van der Waals surface area contributed by atoms with E-state index in [9.17, 15) is 8.42 Å². The predicted octanol–water partition coefficient (Wildman–Crippen LogP) is 3.34. The standard InChI is InChI=1S/C21H22N4O3S/c1-14-23-21(13-25(14)2)29(26,27)24-16-8-9-18(20(10-16)28-3)19-12-22-11-15-6-4-5-7-17(15)19/h4-12,21,24H,13H2,1-3H3. The number of ether oxygens (including phenoxy) is 1. The maximum Gasteiger partial charge on any atom is 0.257 e. The first-order valence-corrected chi connectivity index (χ1v) is 10.7. The zero-order valence-electron chi connectivity index (χ0n) is 16.5. The number of likely N-dealkylation sites (N-methyl/N-ethyl adjacent to an activating group) is 1. The van der Waals surface area contributed by atoms with Crippen LogP contribution in [0.5, 0.6) is 5.75 Å². The van der Waals surface area contributed by atoms with E-state index in [1.165, 1.54) is 0 Å². The molecule has 0 spiro atoms. The van der Waals surface area contributed by atoms with Crippen LogP contribution in [0.2, 0.25) is 0 Å². The van der Waals surface area contributed by atoms with E-state index in [-0.39, 0.29) is 0 Å². The van der Waals surface area contributed by atoms with E-state index in [4.69, 9.17) is 4.74 Å². The van der Waals surface area contributed by atoms with Crippen molar-refractivity contribution >= 4 is 32.3 Å². The van der Waals surface area contributed by atoms with Crippen molar-refractivity contribution in [3.05, 3.63) is 54.9 Å². The van der Waals surface area contributed by atoms with Crippen LogP contribution < -0.4 is 9.46 Å². The Hall–Kier alpha value is -3.13. The van der Waals surface area contributed by atoms with Gasteiger partial charge in [0, 0.05) is 42.0 Å². The van der Waals surface area contributed by atoms with E-state index >= 15 is 0 Å². The van der Waals surface area contributed by atoms with Crippen molar-refractivity contribution in [2.45, 2.75) is 12.3 Å². The smallest absolute Gasteiger partial charge is 0.257 e. The highest BCUT2D eigenvalue weighted by molar-refractivity contribution is 7.93. The summed E-state index contributed by atoms with van der Waals surface area (Å²) in [4.78, 5) is 10.4. The van der Waals surface area contributed by atoms with Crippen molar-refractivity contribution in [1.82, 2.24) is 9.88 Å². The fourth-order valence-electron chi connectivity index (χ4n) is 3.42. The minimum absolute atomic E-state index is 0.331. The third-order valence-electron chi connectivity index (χ3n) is 5.09. The number of aliphatic imine (C=N–C) groups is 1. The molecule has 2 heterocycles. The number of fused-ring (bicyclic) bond motifs is 1. The van der Waals surface area contributed by atoms with Gasteiger partial charge in [0.25, 0.3) is 10.0 Å². The molecule has 0 aliphatic carbocycles. The van der Waals surface area contributed by atoms with Crippen LogP contribution in [0, 0.1) is 0 Å². The topological polar surface area (TPSA) is 83.9 Å². The number of sulfonamides is 1. The van der Waals surface area contributed by atoms with E-state index in [1.807, 2.05) is 48.5 Å². The lowest BCUT2D eigenvalue weighted by Gasteiger charge is -2.16. The van der Waals surface area contributed by atoms with Gasteiger partial charge in [-0.15, -0.1) is 0 Å². The first kappa shape index (κ1) is 19.2. The molecule has 29 heavy (non-hydrogen) atoms. The summed E-state index contributed by atoms with van der Waals surface area (Å²) >= 11 is 0. The Balaban J connectivity index is 1.69. The van der Waals surface area contributed by atoms with Crippen LogP contribution in [-0.2, 0) is 10.0 Å². The van der Waals surface area contributed by atoms with Gasteiger partial charge in [-0.2, -0.15) is 0 Å². The van der Waals surface area contributed by atoms with Crippen LogP contribution in [0.4, 0.5) is 5.69 Å². The molecule has 0 amide bonds. The summed E-state index contributed by atoms with van der Waals surface area (Å²) in [5, 5.41) is 1.24. The highest BCUT2D eigenvalue weighted by Crippen LogP contribution is 2.36. The maximum atomic E-state index is 12.7. The number of pyridine rings is 1. The van der Waals surface area contributed by atoms with E-state index in [1.54, 1.807) is 32.4 Å². The number of nitrogens with zero attached hydrogens (tertiary/aromatic N) is 3. The maximum absolute atomic E-state index is 12.7. The molecule has 2 aromatic carbocycles. The molecule has 1 N–H and O–H groups in total. The molecule has 0 saturated heterocycles. The number of nitrogens with one attached hydrogen (secondary N) is 1. The average molecular weight is 410 g/mol. The molecule has 1 aromatic heterocycles. The summed E-state index contributed by atoms with van der Waals surface area (Å²) < 4.78 is 33.7. The van der Waals surface area contributed by atoms with Gasteiger partial charge in [0.1, 0.15) is 5.75 Å². The van der Waals surface area contributed by atoms with Crippen LogP contribution in [-0.4, -0.2) is 50.2 Å². The molecule has 7 nitrogen and oxygen atoms in total. The minimum atomic E-state index is -3.66. The van der Waals surface area contributed by atoms with Gasteiger partial charge in [-0.3, -0.25) is 9.71 Å². The Morgan fingerprint density at radius 3 is 2.66 bits per heavy atom. The van der Waals surface area contributed by atoms with Gasteiger partial charge < -0.3 is 9.64 Å². The molecule has 0 bridgehead atoms. The monoisotopic (exact) mass is 410 g/mol. The zero-order chi connectivity index (χ0) is 20.6. The number of rotatable bonds is 5. The summed E-state index contributed by atoms with van der Waals surface area (Å²) in [5.74, 6) is 1.27. The van der Waals surface area contributed by atoms with Gasteiger partial charge in [0.15, 0.2) is 5.37 Å². The minimum Gasteiger partial charge on any atom is -0.496 e. The van der Waals surface area contributed by atoms with Crippen LogP contribution in [0.25, 0.3) is 21.9 Å². The molecule has 150 valence electrons. The van der Waals surface area contributed by atoms with Gasteiger partial charge in [-0.1, -0.05) is 24.3 Å². The molecular formula is C21H22N4O3S. The predicted molar refractivity (Wildman–Crippen MR) is 116 cm³/mol. The Labute approximate surface area is 170 Å². The van der Waals surface area contributed by atoms with Gasteiger partial charge in [0.05, 0.1) is 25.2 Å². The molecule has 3 aromatic rings. The van der Waals surface area contributed by atoms with Crippen LogP contribution >= 0.6 is 0 Å². The summed E-state index contributed by atoms with van der Waals surface area (Å²) in [6, 6.07) is 13.2. The second kappa shape index (κ2) is 7.36. The fraction of sp³-hybridized carbons (Fsp3) is 0.238. The van der Waals surface area contributed by atoms with Crippen molar-refractivity contribution in [2.75, 3.05) is 25.4 Å². The van der Waals surface area contributed by atoms with E-state index < -0.39 is 15.4 Å². The average Bonchev–Trinajstić information content (AvgIpc) is 3.07. The highest BCUT2D eigenvalue weighted by Gasteiger charge is 2.31. The molecule has 1 unspecified atom stereocenters. The quantitative estimate of drug-likeness (QED) is 0.697. The van der Waals surface area contributed by atoms with Gasteiger partial charge >= 0.3 is 0 Å². The van der Waals surface area contributed by atoms with Crippen molar-refractivity contribution < 1.29 is 13.2 Å². The molecule has 0 radical (unpaired) electrons. The molecule has 8 heteroatoms. The number of methoxy groups -OCH3 is 1. The lowest BCUT2D eigenvalue weighted by molar-refractivity contribution is 0.416. The molecule has 0 fully saturated rings. The van der Waals surface area contributed by atoms with E-state index in [2.05, 4.69) is 14.7 Å². The molecule has 1 aliphatic heterocycles. The number of benzene rings is 2. The van der Waals surface area contributed by atoms with Crippen molar-refractivity contribution in [3.63, 3.8) is 0 Å². The normalized spacial score (nSPS) is 16.7. The molecule has 4 rings (SSSR count). The number of hydrogen-bond donors (Lipinski definition) is 1. The Bertz CT molecular complexity index is 1200. The number of aromatic nitrogens is 1. The summed E-state index contributed by atoms with van der Waals surface area (Å²) in [7, 11) is -0.275. The molecule has 0 saturated carbocycles. The lowest BCUT2D eigenvalue weighted by atomic mass is 10.00. The first-order valence-electron chi connectivity index (χ1n) is 9.17. The van der Waals surface area contributed by atoms with Gasteiger partial charge in [-0.25, -0.2) is 13.4 Å². The second-order valence-electron chi connectivity index (χ2n) is 6.98. The summed E-state index contributed by atoms with van der Waals surface area (Å²) in [5.41, 5.74) is 2.20. The second-order valence-corrected chi connectivity index (χ2v) is 8.82. The zero-order valence-corrected chi connectivity index (χ0v) is 17.3. The number of amidine groups is 1. The third kappa shape index (κ3) is 3.63. The van der Waals surface area contributed by atoms with Crippen LogP contribution in [0.15, 0.2) is 59.9 Å². The van der Waals surface area contributed by atoms with E-state index in [0.29, 0.717) is 23.8 Å². The lowest BCUT2D eigenvalue weighted by Crippen LogP contribution is -2.31. The number of anilines is 1. The highest BCUT2D eigenvalue weighted by atomic mass is 32.2. The van der Waals surface area contributed by atoms with Crippen LogP contribution in [0.3, 0.4) is 0 Å². The Morgan fingerprint density at radius 1 is 1.14 bits per heavy atom. The Kier molecular flexibility index (Phi) is 4.87. The fourth-order valence-corrected chi connectivity index (χ4v) is 4.73. The summed E-state index contributed by atoms with van der Waals surface area (Å²) in [6.07, 6.45) is 3.60. The van der Waals surface area contributed by atoms with Crippen molar-refractivity contribution in [2.24, 2.45) is 4.99 Å². The van der Waals surface area contributed by atoms with Crippen LogP contribution in [0.1, 0.15) is 6.92 Å². The van der Waals surface area contributed by atoms with E-state index in [0.717, 1.165) is 21.9 Å². The molecular weight excluding hydrogens is 388 g/mol. The Morgan fingerprint density at radius 2 is 1.93 bits per heavy atom. The van der Waals surface area contributed by atoms with Gasteiger partial charge in [-0.05, 0) is 24.4 Å². The molecule has 1 aliphatic rings. The SMILES string of the molecule is COc1cc(NS(=O)(=O)C2CN(C)C(C)=N2)ccc1-c1cncc2ccccc12. The number of hydrogen-bond acceptors (Lipinski definition) is 6. The van der Waals surface area contributed by atoms with Crippen molar-refractivity contribution in [3.8, 4) is 16.9 Å². The summed E-state index contributed by atoms with van der Waals surface area (Å²) in [6.45, 7) is 2.13. The van der Waals surface area contributed by atoms with Crippen molar-refractivity contribution in [1.29, 1.82) is 0 Å². The van der Waals surface area contributed by atoms with Gasteiger partial charge in [0.2, 0.25) is 0 Å². The molecule has 1 atom stereocenters. The largest absolute Gasteiger partial charge is 0.496 e.